The van der Waals surface area contributed by atoms with Crippen molar-refractivity contribution in [3.63, 3.8) is 0 Å². The highest BCUT2D eigenvalue weighted by Gasteiger charge is 2.24. The van der Waals surface area contributed by atoms with Gasteiger partial charge in [-0.3, -0.25) is 4.79 Å². The molecule has 1 heterocycles. The summed E-state index contributed by atoms with van der Waals surface area (Å²) in [6.07, 6.45) is 4.18. The number of nitrogens with two attached hydrogens (primary N) is 1. The molecule has 1 saturated carbocycles. The highest BCUT2D eigenvalue weighted by atomic mass is 16.5. The highest BCUT2D eigenvalue weighted by molar-refractivity contribution is 5.91. The van der Waals surface area contributed by atoms with Gasteiger partial charge in [-0.25, -0.2) is 0 Å². The zero-order valence-corrected chi connectivity index (χ0v) is 9.40. The Bertz CT molecular complexity index is 375. The van der Waals surface area contributed by atoms with Gasteiger partial charge >= 0.3 is 0 Å². The molecule has 1 aliphatic carbocycles. The van der Waals surface area contributed by atoms with Crippen LogP contribution in [0.4, 0.5) is 0 Å². The van der Waals surface area contributed by atoms with Crippen LogP contribution in [-0.4, -0.2) is 23.1 Å². The van der Waals surface area contributed by atoms with E-state index in [9.17, 15) is 4.79 Å². The van der Waals surface area contributed by atoms with Crippen molar-refractivity contribution in [1.82, 2.24) is 10.5 Å². The quantitative estimate of drug-likeness (QED) is 0.783. The summed E-state index contributed by atoms with van der Waals surface area (Å²) in [4.78, 5) is 11.8. The maximum Gasteiger partial charge on any atom is 0.290 e. The number of amides is 1. The second-order valence-electron chi connectivity index (χ2n) is 4.36. The van der Waals surface area contributed by atoms with Crippen LogP contribution in [0.5, 0.6) is 0 Å². The number of nitrogens with one attached hydrogen (secondary N) is 1. The van der Waals surface area contributed by atoms with Crippen molar-refractivity contribution in [2.24, 2.45) is 5.73 Å². The molecule has 1 fully saturated rings. The van der Waals surface area contributed by atoms with E-state index < -0.39 is 0 Å². The number of nitrogens with zero attached hydrogens (tertiary/aromatic N) is 1. The summed E-state index contributed by atoms with van der Waals surface area (Å²) in [6, 6.07) is 1.75. The maximum atomic E-state index is 11.8. The molecule has 2 rings (SSSR count). The van der Waals surface area contributed by atoms with Gasteiger partial charge < -0.3 is 15.6 Å². The van der Waals surface area contributed by atoms with Gasteiger partial charge in [0.15, 0.2) is 0 Å². The van der Waals surface area contributed by atoms with Crippen molar-refractivity contribution in [3.8, 4) is 0 Å². The van der Waals surface area contributed by atoms with Gasteiger partial charge in [0.2, 0.25) is 5.76 Å². The van der Waals surface area contributed by atoms with Crippen LogP contribution in [0, 0.1) is 6.92 Å². The Kier molecular flexibility index (Phi) is 3.24. The van der Waals surface area contributed by atoms with Gasteiger partial charge in [-0.2, -0.15) is 0 Å². The van der Waals surface area contributed by atoms with E-state index in [1.807, 2.05) is 0 Å². The lowest BCUT2D eigenvalue weighted by Crippen LogP contribution is -2.49. The molecule has 3 N–H and O–H groups in total. The van der Waals surface area contributed by atoms with Gasteiger partial charge in [-0.05, 0) is 19.8 Å². The Morgan fingerprint density at radius 1 is 1.56 bits per heavy atom. The summed E-state index contributed by atoms with van der Waals surface area (Å²) in [5.41, 5.74) is 6.66. The summed E-state index contributed by atoms with van der Waals surface area (Å²) in [6.45, 7) is 1.78. The summed E-state index contributed by atoms with van der Waals surface area (Å²) in [5, 5.41) is 6.58. The van der Waals surface area contributed by atoms with Gasteiger partial charge in [-0.1, -0.05) is 18.0 Å². The largest absolute Gasteiger partial charge is 0.351 e. The highest BCUT2D eigenvalue weighted by Crippen LogP contribution is 2.17. The molecule has 0 aliphatic heterocycles. The van der Waals surface area contributed by atoms with E-state index in [2.05, 4.69) is 10.5 Å². The average Bonchev–Trinajstić information content (AvgIpc) is 2.68. The van der Waals surface area contributed by atoms with Crippen LogP contribution in [0.2, 0.25) is 0 Å². The van der Waals surface area contributed by atoms with Crippen LogP contribution in [0.15, 0.2) is 10.6 Å². The number of aryl methyl sites for hydroxylation is 1. The molecule has 1 aromatic heterocycles. The van der Waals surface area contributed by atoms with Gasteiger partial charge in [0.1, 0.15) is 0 Å². The third-order valence-electron chi connectivity index (χ3n) is 2.99. The van der Waals surface area contributed by atoms with Crippen molar-refractivity contribution >= 4 is 5.91 Å². The molecule has 0 saturated heterocycles. The fourth-order valence-electron chi connectivity index (χ4n) is 2.05. The summed E-state index contributed by atoms with van der Waals surface area (Å²) in [7, 11) is 0. The molecule has 0 bridgehead atoms. The molecular weight excluding hydrogens is 206 g/mol. The van der Waals surface area contributed by atoms with E-state index in [1.165, 1.54) is 0 Å². The molecule has 1 aliphatic rings. The number of hydrogen-bond acceptors (Lipinski definition) is 4. The average molecular weight is 223 g/mol. The Labute approximate surface area is 94.4 Å². The molecule has 5 nitrogen and oxygen atoms in total. The lowest BCUT2D eigenvalue weighted by Gasteiger charge is -2.28. The van der Waals surface area contributed by atoms with E-state index in [4.69, 9.17) is 10.3 Å². The molecule has 0 spiro atoms. The van der Waals surface area contributed by atoms with E-state index in [0.29, 0.717) is 5.69 Å². The number of carbonyl (C=O) groups is 1. The van der Waals surface area contributed by atoms with Crippen LogP contribution >= 0.6 is 0 Å². The minimum absolute atomic E-state index is 0.0571. The first-order chi connectivity index (χ1) is 7.66. The number of aromatic nitrogens is 1. The number of rotatable bonds is 2. The Morgan fingerprint density at radius 3 is 2.94 bits per heavy atom. The Morgan fingerprint density at radius 2 is 2.31 bits per heavy atom. The smallest absolute Gasteiger partial charge is 0.290 e. The normalized spacial score (nSPS) is 25.4. The second-order valence-corrected chi connectivity index (χ2v) is 4.36. The third-order valence-corrected chi connectivity index (χ3v) is 2.99. The maximum absolute atomic E-state index is 11.8. The van der Waals surface area contributed by atoms with Crippen molar-refractivity contribution in [3.05, 3.63) is 17.5 Å². The molecule has 1 aromatic rings. The minimum atomic E-state index is -0.219. The molecule has 2 unspecified atom stereocenters. The molecule has 5 heteroatoms. The zero-order chi connectivity index (χ0) is 11.5. The first-order valence-electron chi connectivity index (χ1n) is 5.66. The van der Waals surface area contributed by atoms with Gasteiger partial charge in [0.05, 0.1) is 5.69 Å². The fraction of sp³-hybridized carbons (Fsp3) is 0.636. The van der Waals surface area contributed by atoms with Crippen molar-refractivity contribution in [2.75, 3.05) is 0 Å². The molecular formula is C11H17N3O2. The van der Waals surface area contributed by atoms with Crippen molar-refractivity contribution < 1.29 is 9.32 Å². The van der Waals surface area contributed by atoms with Crippen molar-refractivity contribution in [1.29, 1.82) is 0 Å². The summed E-state index contributed by atoms with van der Waals surface area (Å²) >= 11 is 0. The lowest BCUT2D eigenvalue weighted by atomic mass is 9.91. The standard InChI is InChI=1S/C11H17N3O2/c1-7-6-10(16-14-7)11(15)13-9-5-3-2-4-8(9)12/h6,8-9H,2-5,12H2,1H3,(H,13,15). The Hall–Kier alpha value is -1.36. The molecule has 88 valence electrons. The van der Waals surface area contributed by atoms with Crippen LogP contribution in [0.25, 0.3) is 0 Å². The predicted octanol–water partition coefficient (Wildman–Crippen LogP) is 0.983. The van der Waals surface area contributed by atoms with Gasteiger partial charge in [-0.15, -0.1) is 0 Å². The van der Waals surface area contributed by atoms with Crippen LogP contribution in [-0.2, 0) is 0 Å². The van der Waals surface area contributed by atoms with Crippen molar-refractivity contribution in [2.45, 2.75) is 44.7 Å². The predicted molar refractivity (Wildman–Crippen MR) is 58.9 cm³/mol. The third kappa shape index (κ3) is 2.41. The zero-order valence-electron chi connectivity index (χ0n) is 9.40. The fourth-order valence-corrected chi connectivity index (χ4v) is 2.05. The minimum Gasteiger partial charge on any atom is -0.351 e. The van der Waals surface area contributed by atoms with Crippen LogP contribution in [0.1, 0.15) is 41.9 Å². The first kappa shape index (κ1) is 11.1. The Balaban J connectivity index is 1.96. The number of carbonyl (C=O) groups excluding carboxylic acids is 1. The molecule has 0 radical (unpaired) electrons. The monoisotopic (exact) mass is 223 g/mol. The van der Waals surface area contributed by atoms with Gasteiger partial charge in [0, 0.05) is 18.2 Å². The van der Waals surface area contributed by atoms with E-state index in [-0.39, 0.29) is 23.8 Å². The summed E-state index contributed by atoms with van der Waals surface area (Å²) < 4.78 is 4.90. The topological polar surface area (TPSA) is 81.2 Å². The van der Waals surface area contributed by atoms with E-state index >= 15 is 0 Å². The number of hydrogen-bond donors (Lipinski definition) is 2. The molecule has 2 atom stereocenters. The first-order valence-corrected chi connectivity index (χ1v) is 5.66. The van der Waals surface area contributed by atoms with E-state index in [1.54, 1.807) is 13.0 Å². The van der Waals surface area contributed by atoms with E-state index in [0.717, 1.165) is 25.7 Å². The van der Waals surface area contributed by atoms with Crippen LogP contribution in [0.3, 0.4) is 0 Å². The molecule has 16 heavy (non-hydrogen) atoms. The SMILES string of the molecule is Cc1cc(C(=O)NC2CCCCC2N)on1. The lowest BCUT2D eigenvalue weighted by molar-refractivity contribution is 0.0884. The molecule has 1 amide bonds. The second kappa shape index (κ2) is 4.65. The van der Waals surface area contributed by atoms with Crippen LogP contribution < -0.4 is 11.1 Å². The molecule has 0 aromatic carbocycles. The summed E-state index contributed by atoms with van der Waals surface area (Å²) in [5.74, 6) is 0.0400. The van der Waals surface area contributed by atoms with Gasteiger partial charge in [0.25, 0.3) is 5.91 Å².